The van der Waals surface area contributed by atoms with Crippen molar-refractivity contribution in [3.63, 3.8) is 0 Å². The summed E-state index contributed by atoms with van der Waals surface area (Å²) >= 11 is 0. The Morgan fingerprint density at radius 1 is 1.05 bits per heavy atom. The summed E-state index contributed by atoms with van der Waals surface area (Å²) in [6.07, 6.45) is 0. The van der Waals surface area contributed by atoms with E-state index >= 15 is 0 Å². The van der Waals surface area contributed by atoms with Crippen molar-refractivity contribution >= 4 is 17.8 Å². The topological polar surface area (TPSA) is 104 Å². The zero-order valence-electron chi connectivity index (χ0n) is 10.5. The van der Waals surface area contributed by atoms with Gasteiger partial charge in [-0.05, 0) is 23.3 Å². The van der Waals surface area contributed by atoms with Crippen LogP contribution in [0, 0.1) is 0 Å². The predicted molar refractivity (Wildman–Crippen MR) is 66.1 cm³/mol. The number of aliphatic carboxylic acids is 2. The smallest absolute Gasteiger partial charge is 0.323 e. The molecule has 106 valence electrons. The van der Waals surface area contributed by atoms with Gasteiger partial charge in [0, 0.05) is 5.56 Å². The lowest BCUT2D eigenvalue weighted by Crippen LogP contribution is -2.39. The van der Waals surface area contributed by atoms with Crippen LogP contribution in [0.2, 0.25) is 0 Å². The van der Waals surface area contributed by atoms with Crippen molar-refractivity contribution in [2.45, 2.75) is 13.2 Å². The fraction of sp³-hybridized carbons (Fsp3) is 0.308. The second-order valence-electron chi connectivity index (χ2n) is 4.42. The average molecular weight is 279 g/mol. The normalized spacial score (nSPS) is 12.8. The van der Waals surface area contributed by atoms with Crippen LogP contribution in [-0.2, 0) is 27.5 Å². The van der Waals surface area contributed by atoms with Gasteiger partial charge in [0.05, 0.1) is 13.2 Å². The third kappa shape index (κ3) is 3.12. The Balaban J connectivity index is 2.22. The first kappa shape index (κ1) is 14.0. The summed E-state index contributed by atoms with van der Waals surface area (Å²) in [5.41, 5.74) is 2.10. The van der Waals surface area contributed by atoms with Crippen LogP contribution >= 0.6 is 0 Å². The highest BCUT2D eigenvalue weighted by atomic mass is 16.5. The Bertz CT molecular complexity index is 552. The fourth-order valence-electron chi connectivity index (χ4n) is 2.01. The van der Waals surface area contributed by atoms with Crippen LogP contribution in [0.15, 0.2) is 18.2 Å². The summed E-state index contributed by atoms with van der Waals surface area (Å²) in [5, 5.41) is 17.5. The van der Waals surface area contributed by atoms with Gasteiger partial charge in [-0.3, -0.25) is 14.4 Å². The van der Waals surface area contributed by atoms with Crippen LogP contribution in [0.3, 0.4) is 0 Å². The van der Waals surface area contributed by atoms with Crippen molar-refractivity contribution in [1.82, 2.24) is 4.90 Å². The zero-order valence-corrected chi connectivity index (χ0v) is 10.5. The summed E-state index contributed by atoms with van der Waals surface area (Å²) in [6, 6.07) is 4.89. The number of nitrogens with zero attached hydrogens (tertiary/aromatic N) is 1. The number of benzene rings is 1. The Morgan fingerprint density at radius 2 is 1.65 bits per heavy atom. The van der Waals surface area contributed by atoms with Crippen LogP contribution in [0.5, 0.6) is 0 Å². The highest BCUT2D eigenvalue weighted by Gasteiger charge is 2.22. The van der Waals surface area contributed by atoms with Gasteiger partial charge in [0.15, 0.2) is 0 Å². The molecule has 1 heterocycles. The molecule has 1 aromatic rings. The van der Waals surface area contributed by atoms with Gasteiger partial charge in [-0.1, -0.05) is 6.07 Å². The molecule has 0 spiro atoms. The minimum absolute atomic E-state index is 0.261. The van der Waals surface area contributed by atoms with Crippen molar-refractivity contribution in [2.75, 3.05) is 13.1 Å². The number of carbonyl (C=O) groups excluding carboxylic acids is 1. The van der Waals surface area contributed by atoms with E-state index in [0.717, 1.165) is 16.0 Å². The molecule has 2 rings (SSSR count). The van der Waals surface area contributed by atoms with Gasteiger partial charge in [0.1, 0.15) is 13.1 Å². The molecule has 0 saturated heterocycles. The van der Waals surface area contributed by atoms with Gasteiger partial charge in [-0.15, -0.1) is 0 Å². The molecule has 0 unspecified atom stereocenters. The molecule has 2 N–H and O–H groups in total. The molecule has 7 heteroatoms. The van der Waals surface area contributed by atoms with Crippen LogP contribution in [0.1, 0.15) is 21.5 Å². The van der Waals surface area contributed by atoms with Crippen molar-refractivity contribution < 1.29 is 29.3 Å². The van der Waals surface area contributed by atoms with E-state index in [1.807, 2.05) is 0 Å². The second-order valence-corrected chi connectivity index (χ2v) is 4.42. The maximum Gasteiger partial charge on any atom is 0.323 e. The standard InChI is InChI=1S/C13H13NO6/c15-11(16)4-14(5-12(17)18)13(19)8-1-2-9-6-20-7-10(9)3-8/h1-3H,4-7H2,(H,15,16)(H,17,18). The first-order chi connectivity index (χ1) is 9.47. The lowest BCUT2D eigenvalue weighted by Gasteiger charge is -2.18. The van der Waals surface area contributed by atoms with Gasteiger partial charge in [0.2, 0.25) is 0 Å². The SMILES string of the molecule is O=C(O)CN(CC(=O)O)C(=O)c1ccc2c(c1)COC2. The molecule has 0 atom stereocenters. The highest BCUT2D eigenvalue weighted by Crippen LogP contribution is 2.21. The maximum absolute atomic E-state index is 12.2. The van der Waals surface area contributed by atoms with Crippen molar-refractivity contribution in [3.05, 3.63) is 34.9 Å². The summed E-state index contributed by atoms with van der Waals surface area (Å²) < 4.78 is 5.23. The van der Waals surface area contributed by atoms with Crippen molar-refractivity contribution in [2.24, 2.45) is 0 Å². The van der Waals surface area contributed by atoms with E-state index in [0.29, 0.717) is 13.2 Å². The van der Waals surface area contributed by atoms with Gasteiger partial charge in [-0.2, -0.15) is 0 Å². The highest BCUT2D eigenvalue weighted by molar-refractivity contribution is 5.97. The number of carboxylic acid groups (broad SMARTS) is 2. The summed E-state index contributed by atoms with van der Waals surface area (Å²) in [6.45, 7) is -0.427. The monoisotopic (exact) mass is 279 g/mol. The van der Waals surface area contributed by atoms with Crippen LogP contribution in [0.25, 0.3) is 0 Å². The Labute approximate surface area is 114 Å². The predicted octanol–water partition coefficient (Wildman–Crippen LogP) is 0.328. The molecule has 1 amide bonds. The van der Waals surface area contributed by atoms with Crippen molar-refractivity contribution in [3.8, 4) is 0 Å². The van der Waals surface area contributed by atoms with Crippen LogP contribution in [0.4, 0.5) is 0 Å². The van der Waals surface area contributed by atoms with E-state index in [4.69, 9.17) is 14.9 Å². The minimum atomic E-state index is -1.26. The van der Waals surface area contributed by atoms with Gasteiger partial charge in [-0.25, -0.2) is 0 Å². The first-order valence-electron chi connectivity index (χ1n) is 5.90. The third-order valence-corrected chi connectivity index (χ3v) is 2.91. The molecule has 1 aromatic carbocycles. The van der Waals surface area contributed by atoms with E-state index in [9.17, 15) is 14.4 Å². The molecule has 0 aromatic heterocycles. The Kier molecular flexibility index (Phi) is 3.99. The Morgan fingerprint density at radius 3 is 2.25 bits per heavy atom. The number of hydrogen-bond acceptors (Lipinski definition) is 4. The quantitative estimate of drug-likeness (QED) is 0.804. The van der Waals surface area contributed by atoms with E-state index in [-0.39, 0.29) is 5.56 Å². The molecular weight excluding hydrogens is 266 g/mol. The average Bonchev–Trinajstić information content (AvgIpc) is 2.83. The van der Waals surface area contributed by atoms with E-state index in [2.05, 4.69) is 0 Å². The molecule has 0 bridgehead atoms. The van der Waals surface area contributed by atoms with Gasteiger partial charge < -0.3 is 19.8 Å². The maximum atomic E-state index is 12.2. The lowest BCUT2D eigenvalue weighted by atomic mass is 10.1. The first-order valence-corrected chi connectivity index (χ1v) is 5.90. The summed E-state index contributed by atoms with van der Waals surface area (Å²) in [7, 11) is 0. The third-order valence-electron chi connectivity index (χ3n) is 2.91. The van der Waals surface area contributed by atoms with Crippen LogP contribution in [-0.4, -0.2) is 46.0 Å². The zero-order chi connectivity index (χ0) is 14.7. The molecular formula is C13H13NO6. The molecule has 0 aliphatic carbocycles. The molecule has 20 heavy (non-hydrogen) atoms. The van der Waals surface area contributed by atoms with E-state index < -0.39 is 30.9 Å². The van der Waals surface area contributed by atoms with E-state index in [1.165, 1.54) is 0 Å². The fourth-order valence-corrected chi connectivity index (χ4v) is 2.01. The number of amides is 1. The number of rotatable bonds is 5. The van der Waals surface area contributed by atoms with Crippen molar-refractivity contribution in [1.29, 1.82) is 0 Å². The summed E-state index contributed by atoms with van der Waals surface area (Å²) in [4.78, 5) is 34.4. The summed E-state index contributed by atoms with van der Waals surface area (Å²) in [5.74, 6) is -3.14. The molecule has 1 aliphatic heterocycles. The molecule has 1 aliphatic rings. The largest absolute Gasteiger partial charge is 0.480 e. The molecule has 0 fully saturated rings. The van der Waals surface area contributed by atoms with Crippen LogP contribution < -0.4 is 0 Å². The number of carbonyl (C=O) groups is 3. The van der Waals surface area contributed by atoms with Gasteiger partial charge in [0.25, 0.3) is 5.91 Å². The molecule has 0 radical (unpaired) electrons. The molecule has 0 saturated carbocycles. The number of hydrogen-bond donors (Lipinski definition) is 2. The number of fused-ring (bicyclic) bond motifs is 1. The van der Waals surface area contributed by atoms with E-state index in [1.54, 1.807) is 18.2 Å². The molecule has 7 nitrogen and oxygen atoms in total. The number of ether oxygens (including phenoxy) is 1. The van der Waals surface area contributed by atoms with Gasteiger partial charge >= 0.3 is 11.9 Å². The minimum Gasteiger partial charge on any atom is -0.480 e. The second kappa shape index (κ2) is 5.70. The lowest BCUT2D eigenvalue weighted by molar-refractivity contribution is -0.140. The Hall–Kier alpha value is -2.41. The number of carboxylic acids is 2.